The Kier molecular flexibility index (Phi) is 8.49. The van der Waals surface area contributed by atoms with E-state index in [1.807, 2.05) is 60.7 Å². The molecule has 0 heterocycles. The Bertz CT molecular complexity index is 1130. The molecule has 3 aromatic carbocycles. The summed E-state index contributed by atoms with van der Waals surface area (Å²) in [5.41, 5.74) is 1.99. The van der Waals surface area contributed by atoms with Crippen LogP contribution in [0.25, 0.3) is 5.76 Å². The lowest BCUT2D eigenvalue weighted by atomic mass is 10.1. The number of ether oxygens (including phenoxy) is 3. The van der Waals surface area contributed by atoms with Crippen molar-refractivity contribution < 1.29 is 28.9 Å². The van der Waals surface area contributed by atoms with Crippen LogP contribution in [0.1, 0.15) is 23.6 Å². The number of hydrogen-bond acceptors (Lipinski definition) is 6. The molecule has 0 saturated carbocycles. The lowest BCUT2D eigenvalue weighted by Gasteiger charge is -2.15. The van der Waals surface area contributed by atoms with Gasteiger partial charge in [-0.3, -0.25) is 4.79 Å². The Morgan fingerprint density at radius 1 is 0.879 bits per heavy atom. The average Bonchev–Trinajstić information content (AvgIpc) is 2.83. The van der Waals surface area contributed by atoms with Gasteiger partial charge in [0.25, 0.3) is 5.78 Å². The molecule has 6 nitrogen and oxygen atoms in total. The molecular formula is C26H23ClO6. The van der Waals surface area contributed by atoms with E-state index in [0.29, 0.717) is 5.75 Å². The van der Waals surface area contributed by atoms with Crippen molar-refractivity contribution in [1.82, 2.24) is 0 Å². The molecule has 1 N–H and O–H groups in total. The lowest BCUT2D eigenvalue weighted by Crippen LogP contribution is -2.15. The van der Waals surface area contributed by atoms with Gasteiger partial charge < -0.3 is 19.3 Å². The summed E-state index contributed by atoms with van der Waals surface area (Å²) >= 11 is 6.38. The standard InChI is InChI=1S/C26H23ClO6/c1-2-31-26(30)23(29)14-22(28)20-13-21(27)25(33-17-19-11-7-4-8-12-19)15-24(20)32-16-18-9-5-3-6-10-18/h3-15,28H,2,16-17H2,1H3. The zero-order valence-electron chi connectivity index (χ0n) is 18.0. The molecule has 0 aliphatic heterocycles. The fourth-order valence-corrected chi connectivity index (χ4v) is 3.12. The number of benzene rings is 3. The molecule has 3 aromatic rings. The van der Waals surface area contributed by atoms with Crippen molar-refractivity contribution in [2.45, 2.75) is 20.1 Å². The van der Waals surface area contributed by atoms with Gasteiger partial charge >= 0.3 is 5.97 Å². The van der Waals surface area contributed by atoms with Crippen molar-refractivity contribution in [3.63, 3.8) is 0 Å². The van der Waals surface area contributed by atoms with Crippen LogP contribution < -0.4 is 9.47 Å². The van der Waals surface area contributed by atoms with Gasteiger partial charge in [0, 0.05) is 12.1 Å². The van der Waals surface area contributed by atoms with Crippen LogP contribution in [0.15, 0.2) is 78.9 Å². The SMILES string of the molecule is CCOC(=O)C(=O)C=C(O)c1cc(Cl)c(OCc2ccccc2)cc1OCc1ccccc1. The molecule has 3 rings (SSSR count). The Morgan fingerprint density at radius 2 is 1.42 bits per heavy atom. The van der Waals surface area contributed by atoms with Gasteiger partial charge in [-0.05, 0) is 24.1 Å². The molecule has 0 aliphatic carbocycles. The predicted octanol–water partition coefficient (Wildman–Crippen LogP) is 5.53. The first kappa shape index (κ1) is 23.9. The van der Waals surface area contributed by atoms with Crippen LogP contribution in [0.4, 0.5) is 0 Å². The summed E-state index contributed by atoms with van der Waals surface area (Å²) in [5.74, 6) is -1.96. The van der Waals surface area contributed by atoms with Gasteiger partial charge in [0.15, 0.2) is 0 Å². The molecule has 170 valence electrons. The highest BCUT2D eigenvalue weighted by Crippen LogP contribution is 2.36. The highest BCUT2D eigenvalue weighted by molar-refractivity contribution is 6.39. The molecule has 0 unspecified atom stereocenters. The number of esters is 1. The zero-order chi connectivity index (χ0) is 23.6. The maximum absolute atomic E-state index is 12.0. The molecule has 0 aliphatic rings. The van der Waals surface area contributed by atoms with Crippen LogP contribution in [0.3, 0.4) is 0 Å². The largest absolute Gasteiger partial charge is 0.507 e. The first-order valence-electron chi connectivity index (χ1n) is 10.3. The minimum absolute atomic E-state index is 0.0455. The Morgan fingerprint density at radius 3 is 1.97 bits per heavy atom. The van der Waals surface area contributed by atoms with Crippen LogP contribution >= 0.6 is 11.6 Å². The summed E-state index contributed by atoms with van der Waals surface area (Å²) in [4.78, 5) is 23.7. The van der Waals surface area contributed by atoms with E-state index in [0.717, 1.165) is 17.2 Å². The van der Waals surface area contributed by atoms with Crippen LogP contribution in [0.2, 0.25) is 5.02 Å². The quantitative estimate of drug-likeness (QED) is 0.183. The summed E-state index contributed by atoms with van der Waals surface area (Å²) < 4.78 is 16.4. The van der Waals surface area contributed by atoms with Crippen molar-refractivity contribution in [1.29, 1.82) is 0 Å². The molecule has 0 atom stereocenters. The van der Waals surface area contributed by atoms with E-state index < -0.39 is 17.5 Å². The highest BCUT2D eigenvalue weighted by Gasteiger charge is 2.19. The van der Waals surface area contributed by atoms with E-state index in [9.17, 15) is 14.7 Å². The topological polar surface area (TPSA) is 82.1 Å². The summed E-state index contributed by atoms with van der Waals surface area (Å²) in [6.45, 7) is 2.11. The Labute approximate surface area is 197 Å². The van der Waals surface area contributed by atoms with Crippen LogP contribution in [0, 0.1) is 0 Å². The van der Waals surface area contributed by atoms with Gasteiger partial charge in [0.1, 0.15) is 30.5 Å². The number of rotatable bonds is 10. The molecule has 0 spiro atoms. The maximum Gasteiger partial charge on any atom is 0.379 e. The molecular weight excluding hydrogens is 444 g/mol. The fraction of sp³-hybridized carbons (Fsp3) is 0.154. The summed E-state index contributed by atoms with van der Waals surface area (Å²) in [6, 6.07) is 22.0. The first-order chi connectivity index (χ1) is 16.0. The molecule has 0 amide bonds. The third-order valence-corrected chi connectivity index (χ3v) is 4.82. The Balaban J connectivity index is 1.90. The monoisotopic (exact) mass is 466 g/mol. The van der Waals surface area contributed by atoms with Crippen molar-refractivity contribution in [3.8, 4) is 11.5 Å². The van der Waals surface area contributed by atoms with Crippen LogP contribution in [-0.2, 0) is 27.5 Å². The summed E-state index contributed by atoms with van der Waals surface area (Å²) in [5, 5.41) is 10.8. The van der Waals surface area contributed by atoms with Gasteiger partial charge in [0.2, 0.25) is 0 Å². The number of carbonyl (C=O) groups is 2. The summed E-state index contributed by atoms with van der Waals surface area (Å²) in [6.07, 6.45) is 0.781. The average molecular weight is 467 g/mol. The number of halogens is 1. The lowest BCUT2D eigenvalue weighted by molar-refractivity contribution is -0.151. The van der Waals surface area contributed by atoms with E-state index in [2.05, 4.69) is 4.74 Å². The maximum atomic E-state index is 12.0. The van der Waals surface area contributed by atoms with Gasteiger partial charge in [-0.25, -0.2) is 4.79 Å². The number of carbonyl (C=O) groups excluding carboxylic acids is 2. The van der Waals surface area contributed by atoms with Gasteiger partial charge in [0.05, 0.1) is 17.2 Å². The molecule has 33 heavy (non-hydrogen) atoms. The molecule has 0 fully saturated rings. The third-order valence-electron chi connectivity index (χ3n) is 4.53. The predicted molar refractivity (Wildman–Crippen MR) is 125 cm³/mol. The van der Waals surface area contributed by atoms with Crippen molar-refractivity contribution >= 4 is 29.1 Å². The first-order valence-corrected chi connectivity index (χ1v) is 10.6. The van der Waals surface area contributed by atoms with Crippen LogP contribution in [0.5, 0.6) is 11.5 Å². The second kappa shape index (κ2) is 11.7. The van der Waals surface area contributed by atoms with Crippen molar-refractivity contribution in [2.75, 3.05) is 6.61 Å². The van der Waals surface area contributed by atoms with E-state index in [1.165, 1.54) is 6.07 Å². The van der Waals surface area contributed by atoms with Gasteiger partial charge in [-0.15, -0.1) is 0 Å². The minimum atomic E-state index is -1.07. The smallest absolute Gasteiger partial charge is 0.379 e. The zero-order valence-corrected chi connectivity index (χ0v) is 18.7. The van der Waals surface area contributed by atoms with E-state index in [-0.39, 0.29) is 36.2 Å². The Hall–Kier alpha value is -3.77. The van der Waals surface area contributed by atoms with Gasteiger partial charge in [-0.1, -0.05) is 72.3 Å². The van der Waals surface area contributed by atoms with Gasteiger partial charge in [-0.2, -0.15) is 0 Å². The van der Waals surface area contributed by atoms with Crippen molar-refractivity contribution in [3.05, 3.63) is 101 Å². The number of hydrogen-bond donors (Lipinski definition) is 1. The molecule has 0 saturated heterocycles. The normalized spacial score (nSPS) is 11.0. The van der Waals surface area contributed by atoms with E-state index in [4.69, 9.17) is 21.1 Å². The minimum Gasteiger partial charge on any atom is -0.507 e. The van der Waals surface area contributed by atoms with Crippen molar-refractivity contribution in [2.24, 2.45) is 0 Å². The highest BCUT2D eigenvalue weighted by atomic mass is 35.5. The number of ketones is 1. The molecule has 0 radical (unpaired) electrons. The van der Waals surface area contributed by atoms with E-state index >= 15 is 0 Å². The van der Waals surface area contributed by atoms with E-state index in [1.54, 1.807) is 13.0 Å². The third kappa shape index (κ3) is 6.85. The molecule has 0 bridgehead atoms. The van der Waals surface area contributed by atoms with Crippen LogP contribution in [-0.4, -0.2) is 23.5 Å². The second-order valence-electron chi connectivity index (χ2n) is 6.94. The fourth-order valence-electron chi connectivity index (χ4n) is 2.90. The second-order valence-corrected chi connectivity index (χ2v) is 7.35. The molecule has 0 aromatic heterocycles. The number of aliphatic hydroxyl groups is 1. The molecule has 7 heteroatoms. The summed E-state index contributed by atoms with van der Waals surface area (Å²) in [7, 11) is 0. The number of aliphatic hydroxyl groups excluding tert-OH is 1.